The quantitative estimate of drug-likeness (QED) is 0.868. The van der Waals surface area contributed by atoms with E-state index in [9.17, 15) is 4.79 Å². The van der Waals surface area contributed by atoms with E-state index in [2.05, 4.69) is 17.2 Å². The molecule has 0 radical (unpaired) electrons. The van der Waals surface area contributed by atoms with Gasteiger partial charge in [0, 0.05) is 20.1 Å². The maximum Gasteiger partial charge on any atom is 0.272 e. The van der Waals surface area contributed by atoms with E-state index in [4.69, 9.17) is 0 Å². The van der Waals surface area contributed by atoms with E-state index in [0.29, 0.717) is 11.6 Å². The van der Waals surface area contributed by atoms with Crippen molar-refractivity contribution in [3.8, 4) is 0 Å². The fraction of sp³-hybridized carbons (Fsp3) is 0.571. The lowest BCUT2D eigenvalue weighted by molar-refractivity contribution is 0.0781. The minimum absolute atomic E-state index is 0.0112. The van der Waals surface area contributed by atoms with Crippen LogP contribution in [0.5, 0.6) is 0 Å². The Bertz CT molecular complexity index is 416. The van der Waals surface area contributed by atoms with Crippen LogP contribution in [0, 0.1) is 11.8 Å². The van der Waals surface area contributed by atoms with Crippen LogP contribution in [0.2, 0.25) is 0 Å². The predicted octanol–water partition coefficient (Wildman–Crippen LogP) is 2.24. The standard InChI is InChI=1S/C14H21N3O/c1-4-15-12-5-6-13(16-8-12)14(18)17(3)9-11-7-10(11)2/h5-6,8,10-11,15H,4,7,9H2,1-3H3. The normalized spacial score (nSPS) is 21.5. The highest BCUT2D eigenvalue weighted by Crippen LogP contribution is 2.38. The van der Waals surface area contributed by atoms with E-state index in [0.717, 1.165) is 24.7 Å². The summed E-state index contributed by atoms with van der Waals surface area (Å²) >= 11 is 0. The Labute approximate surface area is 108 Å². The second-order valence-corrected chi connectivity index (χ2v) is 5.12. The zero-order valence-corrected chi connectivity index (χ0v) is 11.3. The summed E-state index contributed by atoms with van der Waals surface area (Å²) in [4.78, 5) is 18.1. The van der Waals surface area contributed by atoms with Crippen LogP contribution in [0.4, 0.5) is 5.69 Å². The van der Waals surface area contributed by atoms with Crippen molar-refractivity contribution in [2.45, 2.75) is 20.3 Å². The monoisotopic (exact) mass is 247 g/mol. The number of hydrogen-bond acceptors (Lipinski definition) is 3. The Morgan fingerprint density at radius 2 is 2.28 bits per heavy atom. The molecule has 2 unspecified atom stereocenters. The molecule has 1 N–H and O–H groups in total. The number of nitrogens with one attached hydrogen (secondary N) is 1. The van der Waals surface area contributed by atoms with Crippen LogP contribution < -0.4 is 5.32 Å². The molecule has 1 heterocycles. The minimum atomic E-state index is 0.0112. The van der Waals surface area contributed by atoms with Gasteiger partial charge in [0.1, 0.15) is 5.69 Å². The predicted molar refractivity (Wildman–Crippen MR) is 72.6 cm³/mol. The molecule has 1 aliphatic carbocycles. The number of carbonyl (C=O) groups excluding carboxylic acids is 1. The number of nitrogens with zero attached hydrogens (tertiary/aromatic N) is 2. The minimum Gasteiger partial charge on any atom is -0.384 e. The van der Waals surface area contributed by atoms with E-state index in [1.807, 2.05) is 20.0 Å². The molecule has 0 saturated heterocycles. The van der Waals surface area contributed by atoms with Crippen molar-refractivity contribution in [3.05, 3.63) is 24.0 Å². The summed E-state index contributed by atoms with van der Waals surface area (Å²) in [6, 6.07) is 3.68. The summed E-state index contributed by atoms with van der Waals surface area (Å²) in [5, 5.41) is 3.16. The number of amides is 1. The maximum atomic E-state index is 12.1. The number of anilines is 1. The molecule has 0 spiro atoms. The molecule has 1 aromatic heterocycles. The van der Waals surface area contributed by atoms with Crippen molar-refractivity contribution < 1.29 is 4.79 Å². The lowest BCUT2D eigenvalue weighted by Crippen LogP contribution is -2.29. The molecule has 4 heteroatoms. The number of rotatable bonds is 5. The SMILES string of the molecule is CCNc1ccc(C(=O)N(C)CC2CC2C)nc1. The van der Waals surface area contributed by atoms with Crippen molar-refractivity contribution in [1.29, 1.82) is 0 Å². The summed E-state index contributed by atoms with van der Waals surface area (Å²) < 4.78 is 0. The van der Waals surface area contributed by atoms with E-state index < -0.39 is 0 Å². The molecule has 1 aliphatic rings. The third-order valence-corrected chi connectivity index (χ3v) is 3.49. The Morgan fingerprint density at radius 3 is 2.78 bits per heavy atom. The Balaban J connectivity index is 1.94. The number of pyridine rings is 1. The van der Waals surface area contributed by atoms with E-state index in [1.165, 1.54) is 6.42 Å². The molecule has 0 bridgehead atoms. The summed E-state index contributed by atoms with van der Waals surface area (Å²) in [7, 11) is 1.85. The smallest absolute Gasteiger partial charge is 0.272 e. The average molecular weight is 247 g/mol. The van der Waals surface area contributed by atoms with Gasteiger partial charge >= 0.3 is 0 Å². The number of aromatic nitrogens is 1. The van der Waals surface area contributed by atoms with Crippen molar-refractivity contribution >= 4 is 11.6 Å². The van der Waals surface area contributed by atoms with Gasteiger partial charge in [0.2, 0.25) is 0 Å². The molecule has 1 fully saturated rings. The molecule has 1 saturated carbocycles. The molecule has 0 aromatic carbocycles. The second-order valence-electron chi connectivity index (χ2n) is 5.12. The van der Waals surface area contributed by atoms with Gasteiger partial charge < -0.3 is 10.2 Å². The first kappa shape index (κ1) is 12.9. The summed E-state index contributed by atoms with van der Waals surface area (Å²) in [5.41, 5.74) is 1.47. The van der Waals surface area contributed by atoms with Crippen LogP contribution in [-0.4, -0.2) is 35.9 Å². The van der Waals surface area contributed by atoms with Crippen molar-refractivity contribution in [2.24, 2.45) is 11.8 Å². The van der Waals surface area contributed by atoms with Crippen molar-refractivity contribution in [3.63, 3.8) is 0 Å². The highest BCUT2D eigenvalue weighted by molar-refractivity contribution is 5.92. The lowest BCUT2D eigenvalue weighted by Gasteiger charge is -2.16. The van der Waals surface area contributed by atoms with Gasteiger partial charge in [0.15, 0.2) is 0 Å². The average Bonchev–Trinajstić information content (AvgIpc) is 3.05. The van der Waals surface area contributed by atoms with Crippen molar-refractivity contribution in [2.75, 3.05) is 25.5 Å². The number of hydrogen-bond donors (Lipinski definition) is 1. The van der Waals surface area contributed by atoms with Crippen LogP contribution in [0.15, 0.2) is 18.3 Å². The topological polar surface area (TPSA) is 45.2 Å². The molecular weight excluding hydrogens is 226 g/mol. The fourth-order valence-electron chi connectivity index (χ4n) is 2.11. The molecule has 98 valence electrons. The molecule has 2 atom stereocenters. The Kier molecular flexibility index (Phi) is 3.84. The number of carbonyl (C=O) groups is 1. The molecule has 18 heavy (non-hydrogen) atoms. The van der Waals surface area contributed by atoms with Crippen LogP contribution >= 0.6 is 0 Å². The summed E-state index contributed by atoms with van der Waals surface area (Å²) in [6.45, 7) is 5.96. The van der Waals surface area contributed by atoms with Gasteiger partial charge in [0.05, 0.1) is 11.9 Å². The molecule has 2 rings (SSSR count). The van der Waals surface area contributed by atoms with E-state index >= 15 is 0 Å². The summed E-state index contributed by atoms with van der Waals surface area (Å²) in [6.07, 6.45) is 2.95. The third kappa shape index (κ3) is 3.00. The first-order valence-corrected chi connectivity index (χ1v) is 6.57. The van der Waals surface area contributed by atoms with Gasteiger partial charge in [-0.15, -0.1) is 0 Å². The van der Waals surface area contributed by atoms with Crippen LogP contribution in [0.25, 0.3) is 0 Å². The van der Waals surface area contributed by atoms with Gasteiger partial charge in [-0.25, -0.2) is 4.98 Å². The zero-order chi connectivity index (χ0) is 13.1. The van der Waals surface area contributed by atoms with Gasteiger partial charge in [-0.05, 0) is 37.3 Å². The van der Waals surface area contributed by atoms with Gasteiger partial charge in [0.25, 0.3) is 5.91 Å². The second kappa shape index (κ2) is 5.38. The molecular formula is C14H21N3O. The van der Waals surface area contributed by atoms with Crippen LogP contribution in [0.1, 0.15) is 30.8 Å². The Hall–Kier alpha value is -1.58. The van der Waals surface area contributed by atoms with Gasteiger partial charge in [-0.3, -0.25) is 4.79 Å². The first-order valence-electron chi connectivity index (χ1n) is 6.57. The van der Waals surface area contributed by atoms with E-state index in [1.54, 1.807) is 17.2 Å². The molecule has 1 aromatic rings. The van der Waals surface area contributed by atoms with Crippen molar-refractivity contribution in [1.82, 2.24) is 9.88 Å². The fourth-order valence-corrected chi connectivity index (χ4v) is 2.11. The lowest BCUT2D eigenvalue weighted by atomic mass is 10.2. The van der Waals surface area contributed by atoms with Crippen LogP contribution in [-0.2, 0) is 0 Å². The van der Waals surface area contributed by atoms with Crippen LogP contribution in [0.3, 0.4) is 0 Å². The largest absolute Gasteiger partial charge is 0.384 e. The first-order chi connectivity index (χ1) is 8.61. The highest BCUT2D eigenvalue weighted by Gasteiger charge is 2.34. The highest BCUT2D eigenvalue weighted by atomic mass is 16.2. The molecule has 1 amide bonds. The maximum absolute atomic E-state index is 12.1. The van der Waals surface area contributed by atoms with Gasteiger partial charge in [-0.1, -0.05) is 6.92 Å². The Morgan fingerprint density at radius 1 is 1.56 bits per heavy atom. The van der Waals surface area contributed by atoms with Gasteiger partial charge in [-0.2, -0.15) is 0 Å². The molecule has 4 nitrogen and oxygen atoms in total. The molecule has 0 aliphatic heterocycles. The summed E-state index contributed by atoms with van der Waals surface area (Å²) in [5.74, 6) is 1.46. The third-order valence-electron chi connectivity index (χ3n) is 3.49. The van der Waals surface area contributed by atoms with E-state index in [-0.39, 0.29) is 5.91 Å². The zero-order valence-electron chi connectivity index (χ0n) is 11.3.